The molecule has 0 spiro atoms. The molecule has 6 heteroatoms. The molecule has 0 bridgehead atoms. The van der Waals surface area contributed by atoms with E-state index in [0.29, 0.717) is 18.7 Å². The first-order valence-corrected chi connectivity index (χ1v) is 9.36. The second-order valence-electron chi connectivity index (χ2n) is 6.67. The van der Waals surface area contributed by atoms with Gasteiger partial charge in [0.05, 0.1) is 5.56 Å². The van der Waals surface area contributed by atoms with Gasteiger partial charge in [-0.15, -0.1) is 0 Å². The largest absolute Gasteiger partial charge is 0.340 e. The summed E-state index contributed by atoms with van der Waals surface area (Å²) in [5, 5.41) is 0. The van der Waals surface area contributed by atoms with Gasteiger partial charge in [0, 0.05) is 49.7 Å². The maximum Gasteiger partial charge on any atom is 0.254 e. The Morgan fingerprint density at radius 1 is 0.958 bits per heavy atom. The Morgan fingerprint density at radius 3 is 2.21 bits per heavy atom. The lowest BCUT2D eigenvalue weighted by atomic mass is 9.94. The van der Waals surface area contributed by atoms with Gasteiger partial charge in [0.15, 0.2) is 0 Å². The van der Waals surface area contributed by atoms with Crippen LogP contribution in [-0.4, -0.2) is 72.8 Å². The van der Waals surface area contributed by atoms with Gasteiger partial charge in [0.1, 0.15) is 0 Å². The fourth-order valence-corrected chi connectivity index (χ4v) is 3.87. The van der Waals surface area contributed by atoms with Crippen molar-refractivity contribution in [2.45, 2.75) is 12.8 Å². The normalized spacial score (nSPS) is 20.2. The Morgan fingerprint density at radius 2 is 1.58 bits per heavy atom. The topological polar surface area (TPSA) is 43.9 Å². The van der Waals surface area contributed by atoms with Gasteiger partial charge < -0.3 is 14.7 Å². The number of rotatable bonds is 2. The van der Waals surface area contributed by atoms with Crippen molar-refractivity contribution in [1.82, 2.24) is 14.7 Å². The number of piperazine rings is 1. The van der Waals surface area contributed by atoms with Crippen LogP contribution in [0.2, 0.25) is 0 Å². The van der Waals surface area contributed by atoms with Crippen LogP contribution in [0.1, 0.15) is 23.2 Å². The third-order valence-corrected chi connectivity index (χ3v) is 5.74. The van der Waals surface area contributed by atoms with Crippen LogP contribution in [0.5, 0.6) is 0 Å². The van der Waals surface area contributed by atoms with E-state index < -0.39 is 0 Å². The number of benzene rings is 1. The third kappa shape index (κ3) is 3.81. The van der Waals surface area contributed by atoms with Crippen LogP contribution in [0.4, 0.5) is 0 Å². The van der Waals surface area contributed by atoms with Crippen molar-refractivity contribution in [3.8, 4) is 0 Å². The summed E-state index contributed by atoms with van der Waals surface area (Å²) in [4.78, 5) is 31.4. The smallest absolute Gasteiger partial charge is 0.254 e. The Balaban J connectivity index is 1.55. The number of likely N-dealkylation sites (N-methyl/N-ethyl adjacent to an activating group) is 1. The van der Waals surface area contributed by atoms with Crippen molar-refractivity contribution >= 4 is 27.7 Å². The first kappa shape index (κ1) is 17.4. The Kier molecular flexibility index (Phi) is 5.56. The van der Waals surface area contributed by atoms with Gasteiger partial charge in [-0.2, -0.15) is 0 Å². The molecule has 0 saturated carbocycles. The summed E-state index contributed by atoms with van der Waals surface area (Å²) in [5.41, 5.74) is 0.696. The molecule has 2 amide bonds. The van der Waals surface area contributed by atoms with E-state index in [0.717, 1.165) is 43.5 Å². The standard InChI is InChI=1S/C18H24BrN3O2/c1-20-10-12-22(13-11-20)17(23)14-6-8-21(9-7-14)18(24)15-4-2-3-5-16(15)19/h2-5,14H,6-13H2,1H3. The molecule has 0 atom stereocenters. The molecule has 24 heavy (non-hydrogen) atoms. The van der Waals surface area contributed by atoms with Gasteiger partial charge in [-0.1, -0.05) is 12.1 Å². The van der Waals surface area contributed by atoms with Crippen molar-refractivity contribution in [1.29, 1.82) is 0 Å². The van der Waals surface area contributed by atoms with Gasteiger partial charge in [0.2, 0.25) is 5.91 Å². The van der Waals surface area contributed by atoms with Gasteiger partial charge in [-0.25, -0.2) is 0 Å². The second-order valence-corrected chi connectivity index (χ2v) is 7.53. The highest BCUT2D eigenvalue weighted by Crippen LogP contribution is 2.24. The summed E-state index contributed by atoms with van der Waals surface area (Å²) in [6.07, 6.45) is 1.53. The van der Waals surface area contributed by atoms with Gasteiger partial charge in [-0.05, 0) is 48.0 Å². The number of halogens is 1. The number of hydrogen-bond acceptors (Lipinski definition) is 3. The van der Waals surface area contributed by atoms with Gasteiger partial charge >= 0.3 is 0 Å². The highest BCUT2D eigenvalue weighted by atomic mass is 79.9. The molecule has 2 aliphatic heterocycles. The molecule has 1 aromatic rings. The summed E-state index contributed by atoms with van der Waals surface area (Å²) < 4.78 is 0.825. The Hall–Kier alpha value is -1.40. The van der Waals surface area contributed by atoms with Crippen LogP contribution < -0.4 is 0 Å². The molecule has 2 aliphatic rings. The number of amides is 2. The zero-order chi connectivity index (χ0) is 17.1. The zero-order valence-electron chi connectivity index (χ0n) is 14.1. The molecule has 0 radical (unpaired) electrons. The predicted octanol–water partition coefficient (Wildman–Crippen LogP) is 2.08. The van der Waals surface area contributed by atoms with E-state index in [9.17, 15) is 9.59 Å². The number of nitrogens with zero attached hydrogens (tertiary/aromatic N) is 3. The van der Waals surface area contributed by atoms with Crippen LogP contribution in [-0.2, 0) is 4.79 Å². The maximum absolute atomic E-state index is 12.7. The lowest BCUT2D eigenvalue weighted by molar-refractivity contribution is -0.138. The number of hydrogen-bond donors (Lipinski definition) is 0. The molecular weight excluding hydrogens is 370 g/mol. The van der Waals surface area contributed by atoms with Crippen molar-refractivity contribution in [3.05, 3.63) is 34.3 Å². The molecule has 130 valence electrons. The SMILES string of the molecule is CN1CCN(C(=O)C2CCN(C(=O)c3ccccc3Br)CC2)CC1. The van der Waals surface area contributed by atoms with Crippen LogP contribution in [0, 0.1) is 5.92 Å². The van der Waals surface area contributed by atoms with Crippen LogP contribution in [0.15, 0.2) is 28.7 Å². The van der Waals surface area contributed by atoms with E-state index >= 15 is 0 Å². The first-order chi connectivity index (χ1) is 11.6. The monoisotopic (exact) mass is 393 g/mol. The average Bonchev–Trinajstić information content (AvgIpc) is 2.62. The van der Waals surface area contributed by atoms with E-state index in [1.54, 1.807) is 0 Å². The Labute approximate surface area is 151 Å². The molecule has 0 aromatic heterocycles. The van der Waals surface area contributed by atoms with Gasteiger partial charge in [-0.3, -0.25) is 9.59 Å². The molecule has 2 fully saturated rings. The maximum atomic E-state index is 12.7. The van der Waals surface area contributed by atoms with Crippen molar-refractivity contribution in [2.24, 2.45) is 5.92 Å². The van der Waals surface area contributed by atoms with Crippen LogP contribution >= 0.6 is 15.9 Å². The molecule has 5 nitrogen and oxygen atoms in total. The summed E-state index contributed by atoms with van der Waals surface area (Å²) >= 11 is 3.44. The van der Waals surface area contributed by atoms with E-state index in [2.05, 4.69) is 27.9 Å². The summed E-state index contributed by atoms with van der Waals surface area (Å²) in [7, 11) is 2.09. The minimum absolute atomic E-state index is 0.0490. The minimum Gasteiger partial charge on any atom is -0.340 e. The van der Waals surface area contributed by atoms with Crippen molar-refractivity contribution in [2.75, 3.05) is 46.3 Å². The summed E-state index contributed by atoms with van der Waals surface area (Å²) in [5.74, 6) is 0.390. The highest BCUT2D eigenvalue weighted by molar-refractivity contribution is 9.10. The highest BCUT2D eigenvalue weighted by Gasteiger charge is 2.31. The number of likely N-dealkylation sites (tertiary alicyclic amines) is 1. The summed E-state index contributed by atoms with van der Waals surface area (Å²) in [6, 6.07) is 7.51. The van der Waals surface area contributed by atoms with Crippen molar-refractivity contribution < 1.29 is 9.59 Å². The molecule has 2 saturated heterocycles. The molecular formula is C18H24BrN3O2. The fraction of sp³-hybridized carbons (Fsp3) is 0.556. The minimum atomic E-state index is 0.0490. The molecule has 3 rings (SSSR count). The van der Waals surface area contributed by atoms with Crippen LogP contribution in [0.3, 0.4) is 0 Å². The van der Waals surface area contributed by atoms with Gasteiger partial charge in [0.25, 0.3) is 5.91 Å². The molecule has 1 aromatic carbocycles. The van der Waals surface area contributed by atoms with E-state index in [4.69, 9.17) is 0 Å². The lowest BCUT2D eigenvalue weighted by Crippen LogP contribution is -2.51. The number of piperidine rings is 1. The third-order valence-electron chi connectivity index (χ3n) is 5.05. The molecule has 0 unspecified atom stereocenters. The van der Waals surface area contributed by atoms with E-state index in [1.165, 1.54) is 0 Å². The number of carbonyl (C=O) groups is 2. The number of carbonyl (C=O) groups excluding carboxylic acids is 2. The van der Waals surface area contributed by atoms with Crippen molar-refractivity contribution in [3.63, 3.8) is 0 Å². The van der Waals surface area contributed by atoms with E-state index in [1.807, 2.05) is 34.1 Å². The summed E-state index contributed by atoms with van der Waals surface area (Å²) in [6.45, 7) is 4.86. The average molecular weight is 394 g/mol. The van der Waals surface area contributed by atoms with Crippen LogP contribution in [0.25, 0.3) is 0 Å². The molecule has 0 N–H and O–H groups in total. The zero-order valence-corrected chi connectivity index (χ0v) is 15.7. The fourth-order valence-electron chi connectivity index (χ4n) is 3.42. The molecule has 0 aliphatic carbocycles. The lowest BCUT2D eigenvalue weighted by Gasteiger charge is -2.37. The quantitative estimate of drug-likeness (QED) is 0.772. The first-order valence-electron chi connectivity index (χ1n) is 8.57. The predicted molar refractivity (Wildman–Crippen MR) is 96.8 cm³/mol. The van der Waals surface area contributed by atoms with E-state index in [-0.39, 0.29) is 17.7 Å². The Bertz CT molecular complexity index is 606. The second kappa shape index (κ2) is 7.66. The molecule has 2 heterocycles.